The predicted molar refractivity (Wildman–Crippen MR) is 187 cm³/mol. The number of anilines is 2. The first kappa shape index (κ1) is 24.3. The third kappa shape index (κ3) is 3.53. The van der Waals surface area contributed by atoms with Crippen LogP contribution in [-0.4, -0.2) is 13.8 Å². The quantitative estimate of drug-likeness (QED) is 0.159. The monoisotopic (exact) mass is 545 g/mol. The van der Waals surface area contributed by atoms with Crippen molar-refractivity contribution < 1.29 is 0 Å². The molecule has 8 aromatic rings. The fourth-order valence-corrected chi connectivity index (χ4v) is 7.60. The average molecular weight is 545 g/mol. The maximum absolute atomic E-state index is 2.42. The molecule has 1 heterocycles. The molecule has 0 fully saturated rings. The van der Waals surface area contributed by atoms with Crippen LogP contribution in [0.4, 0.5) is 11.4 Å². The van der Waals surface area contributed by atoms with E-state index < -0.39 is 0 Å². The van der Waals surface area contributed by atoms with Crippen LogP contribution < -0.4 is 21.3 Å². The molecule has 0 saturated heterocycles. The number of para-hydroxylation sites is 1. The lowest BCUT2D eigenvalue weighted by atomic mass is 9.34. The number of fused-ring (bicyclic) bond motifs is 3. The van der Waals surface area contributed by atoms with E-state index in [1.807, 2.05) is 0 Å². The fourth-order valence-electron chi connectivity index (χ4n) is 7.60. The van der Waals surface area contributed by atoms with Crippen molar-refractivity contribution in [1.29, 1.82) is 0 Å². The molecule has 0 bridgehead atoms. The summed E-state index contributed by atoms with van der Waals surface area (Å²) in [5, 5.41) is 7.94. The molecule has 200 valence electrons. The molecule has 0 amide bonds. The molecule has 0 unspecified atom stereocenters. The Kier molecular flexibility index (Phi) is 5.27. The van der Waals surface area contributed by atoms with Crippen LogP contribution >= 0.6 is 0 Å². The summed E-state index contributed by atoms with van der Waals surface area (Å²) in [6.07, 6.45) is 0. The second kappa shape index (κ2) is 9.34. The zero-order valence-corrected chi connectivity index (χ0v) is 24.0. The lowest BCUT2D eigenvalue weighted by Crippen LogP contribution is -2.57. The highest BCUT2D eigenvalue weighted by Crippen LogP contribution is 2.43. The van der Waals surface area contributed by atoms with Gasteiger partial charge in [0.2, 0.25) is 6.71 Å². The van der Waals surface area contributed by atoms with E-state index in [0.29, 0.717) is 0 Å². The van der Waals surface area contributed by atoms with Gasteiger partial charge in [0.15, 0.2) is 0 Å². The van der Waals surface area contributed by atoms with Crippen molar-refractivity contribution in [3.8, 4) is 22.3 Å². The Morgan fingerprint density at radius 2 is 1.09 bits per heavy atom. The van der Waals surface area contributed by atoms with Crippen LogP contribution in [0.15, 0.2) is 152 Å². The highest BCUT2D eigenvalue weighted by molar-refractivity contribution is 6.99. The van der Waals surface area contributed by atoms with E-state index in [0.717, 1.165) is 0 Å². The molecule has 0 saturated carbocycles. The van der Waals surface area contributed by atoms with Gasteiger partial charge in [-0.25, -0.2) is 0 Å². The van der Waals surface area contributed by atoms with Gasteiger partial charge in [-0.05, 0) is 77.6 Å². The summed E-state index contributed by atoms with van der Waals surface area (Å²) >= 11 is 0. The summed E-state index contributed by atoms with van der Waals surface area (Å²) in [5.41, 5.74) is 11.7. The van der Waals surface area contributed by atoms with Crippen LogP contribution in [0, 0.1) is 0 Å². The molecule has 8 aromatic carbocycles. The Hall–Kier alpha value is -5.34. The van der Waals surface area contributed by atoms with Gasteiger partial charge in [-0.15, -0.1) is 0 Å². The fraction of sp³-hybridized carbons (Fsp3) is 0.0244. The number of nitrogens with zero attached hydrogens (tertiary/aromatic N) is 1. The van der Waals surface area contributed by atoms with Crippen LogP contribution in [-0.2, 0) is 0 Å². The van der Waals surface area contributed by atoms with Gasteiger partial charge in [-0.1, -0.05) is 145 Å². The number of hydrogen-bond donors (Lipinski definition) is 0. The van der Waals surface area contributed by atoms with E-state index in [2.05, 4.69) is 164 Å². The van der Waals surface area contributed by atoms with Crippen LogP contribution in [0.3, 0.4) is 0 Å². The zero-order valence-electron chi connectivity index (χ0n) is 24.0. The molecule has 9 rings (SSSR count). The first-order valence-corrected chi connectivity index (χ1v) is 15.0. The summed E-state index contributed by atoms with van der Waals surface area (Å²) in [5.74, 6) is 0. The van der Waals surface area contributed by atoms with Gasteiger partial charge in [-0.3, -0.25) is 0 Å². The van der Waals surface area contributed by atoms with Crippen molar-refractivity contribution in [3.63, 3.8) is 0 Å². The zero-order chi connectivity index (χ0) is 28.5. The summed E-state index contributed by atoms with van der Waals surface area (Å²) in [4.78, 5) is 2.39. The van der Waals surface area contributed by atoms with Crippen molar-refractivity contribution in [2.75, 3.05) is 11.9 Å². The van der Waals surface area contributed by atoms with E-state index in [9.17, 15) is 0 Å². The molecule has 0 N–H and O–H groups in total. The van der Waals surface area contributed by atoms with Gasteiger partial charge in [0.05, 0.1) is 0 Å². The van der Waals surface area contributed by atoms with Crippen LogP contribution in [0.25, 0.3) is 54.6 Å². The highest BCUT2D eigenvalue weighted by Gasteiger charge is 2.35. The molecule has 0 spiro atoms. The molecule has 1 aliphatic heterocycles. The van der Waals surface area contributed by atoms with Crippen molar-refractivity contribution in [3.05, 3.63) is 152 Å². The van der Waals surface area contributed by atoms with Gasteiger partial charge in [0, 0.05) is 18.4 Å². The number of hydrogen-bond acceptors (Lipinski definition) is 1. The minimum absolute atomic E-state index is 0.159. The molecule has 2 heteroatoms. The van der Waals surface area contributed by atoms with Crippen molar-refractivity contribution in [1.82, 2.24) is 0 Å². The molecule has 1 aliphatic rings. The molecule has 43 heavy (non-hydrogen) atoms. The minimum atomic E-state index is 0.159. The van der Waals surface area contributed by atoms with E-state index >= 15 is 0 Å². The number of benzene rings is 8. The molecular formula is C41H28BN. The van der Waals surface area contributed by atoms with Crippen LogP contribution in [0.5, 0.6) is 0 Å². The molecule has 0 aromatic heterocycles. The lowest BCUT2D eigenvalue weighted by molar-refractivity contribution is 1.22. The Morgan fingerprint density at radius 1 is 0.465 bits per heavy atom. The van der Waals surface area contributed by atoms with Gasteiger partial charge in [0.1, 0.15) is 0 Å². The smallest absolute Gasteiger partial charge is 0.247 e. The van der Waals surface area contributed by atoms with Gasteiger partial charge in [-0.2, -0.15) is 0 Å². The summed E-state index contributed by atoms with van der Waals surface area (Å²) in [6, 6.07) is 55.9. The second-order valence-electron chi connectivity index (χ2n) is 11.7. The van der Waals surface area contributed by atoms with Crippen LogP contribution in [0.2, 0.25) is 0 Å². The maximum atomic E-state index is 2.42. The van der Waals surface area contributed by atoms with E-state index in [1.165, 1.54) is 82.3 Å². The third-order valence-corrected chi connectivity index (χ3v) is 9.50. The SMILES string of the molecule is CN1c2ccccc2B(c2ccccc2)c2c1cc1ccc3c(-c4ccccc4-c4ccccc4)ccc4ccc2c1c43. The first-order chi connectivity index (χ1) is 21.3. The molecule has 0 aliphatic carbocycles. The summed E-state index contributed by atoms with van der Waals surface area (Å²) in [6.45, 7) is 0.159. The molecule has 0 radical (unpaired) electrons. The van der Waals surface area contributed by atoms with Gasteiger partial charge in [0.25, 0.3) is 0 Å². The van der Waals surface area contributed by atoms with Gasteiger partial charge >= 0.3 is 0 Å². The van der Waals surface area contributed by atoms with Crippen molar-refractivity contribution in [2.24, 2.45) is 0 Å². The Morgan fingerprint density at radius 3 is 1.93 bits per heavy atom. The minimum Gasteiger partial charge on any atom is -0.345 e. The Balaban J connectivity index is 1.37. The first-order valence-electron chi connectivity index (χ1n) is 15.0. The molecule has 1 nitrogen and oxygen atoms in total. The normalized spacial score (nSPS) is 12.7. The van der Waals surface area contributed by atoms with E-state index in [1.54, 1.807) is 0 Å². The Labute approximate surface area is 252 Å². The topological polar surface area (TPSA) is 3.24 Å². The average Bonchev–Trinajstić information content (AvgIpc) is 3.08. The Bertz CT molecular complexity index is 2310. The van der Waals surface area contributed by atoms with E-state index in [-0.39, 0.29) is 6.71 Å². The molecule has 0 atom stereocenters. The maximum Gasteiger partial charge on any atom is 0.247 e. The standard InChI is InChI=1S/C41H28BN/c1-43-37-19-11-10-18-36(37)42(30-14-6-3-7-15-30)41-35-25-21-28-20-23-33(34-24-22-29(26-38(41)43)40(35)39(28)34)32-17-9-8-16-31(32)27-12-4-2-5-13-27/h2-26H,1H3. The largest absolute Gasteiger partial charge is 0.345 e. The summed E-state index contributed by atoms with van der Waals surface area (Å²) < 4.78 is 0. The van der Waals surface area contributed by atoms with Crippen molar-refractivity contribution >= 4 is 66.8 Å². The van der Waals surface area contributed by atoms with Crippen LogP contribution in [0.1, 0.15) is 0 Å². The predicted octanol–water partition coefficient (Wildman–Crippen LogP) is 8.52. The third-order valence-electron chi connectivity index (χ3n) is 9.50. The number of rotatable bonds is 3. The highest BCUT2D eigenvalue weighted by atomic mass is 15.1. The van der Waals surface area contributed by atoms with Gasteiger partial charge < -0.3 is 4.90 Å². The second-order valence-corrected chi connectivity index (χ2v) is 11.7. The summed E-state index contributed by atoms with van der Waals surface area (Å²) in [7, 11) is 2.22. The van der Waals surface area contributed by atoms with Crippen molar-refractivity contribution in [2.45, 2.75) is 0 Å². The molecular weight excluding hydrogens is 517 g/mol. The lowest BCUT2D eigenvalue weighted by Gasteiger charge is -2.36. The van der Waals surface area contributed by atoms with E-state index in [4.69, 9.17) is 0 Å².